The second-order valence-corrected chi connectivity index (χ2v) is 8.62. The van der Waals surface area contributed by atoms with Crippen molar-refractivity contribution in [2.75, 3.05) is 24.5 Å². The predicted octanol–water partition coefficient (Wildman–Crippen LogP) is 2.75. The standard InChI is InChI=1S/C21H25FN6O3/c1-13-18(28-10-4-15-16(28)3-8-25-26-15)23-12-24-19(13)30-17-5-9-27(11-14(17)22)20(29)31-21(2)6-7-21/h3,8,12,14,17H,4-7,9-11H2,1-2H3/t14?,17-/m1/s1. The Labute approximate surface area is 179 Å². The molecule has 1 saturated carbocycles. The van der Waals surface area contributed by atoms with E-state index in [4.69, 9.17) is 9.47 Å². The number of halogens is 1. The molecule has 164 valence electrons. The number of alkyl halides is 1. The minimum atomic E-state index is -1.33. The van der Waals surface area contributed by atoms with Gasteiger partial charge in [0.25, 0.3) is 0 Å². The van der Waals surface area contributed by atoms with Crippen LogP contribution < -0.4 is 9.64 Å². The van der Waals surface area contributed by atoms with Gasteiger partial charge in [0.05, 0.1) is 29.7 Å². The molecule has 1 saturated heterocycles. The minimum absolute atomic E-state index is 0.0469. The summed E-state index contributed by atoms with van der Waals surface area (Å²) in [5, 5.41) is 8.12. The van der Waals surface area contributed by atoms with Gasteiger partial charge >= 0.3 is 6.09 Å². The highest BCUT2D eigenvalue weighted by Crippen LogP contribution is 2.39. The predicted molar refractivity (Wildman–Crippen MR) is 109 cm³/mol. The van der Waals surface area contributed by atoms with E-state index in [0.717, 1.165) is 42.8 Å². The van der Waals surface area contributed by atoms with E-state index in [0.29, 0.717) is 24.7 Å². The third-order valence-corrected chi connectivity index (χ3v) is 6.19. The SMILES string of the molecule is Cc1c(O[C@@H]2CCN(C(=O)OC3(C)CC3)CC2F)ncnc1N1CCc2nnccc21. The van der Waals surface area contributed by atoms with Crippen LogP contribution in [0.15, 0.2) is 18.6 Å². The zero-order valence-electron chi connectivity index (χ0n) is 17.6. The van der Waals surface area contributed by atoms with Crippen molar-refractivity contribution in [1.29, 1.82) is 0 Å². The van der Waals surface area contributed by atoms with Gasteiger partial charge in [-0.3, -0.25) is 0 Å². The zero-order chi connectivity index (χ0) is 21.6. The molecule has 5 rings (SSSR count). The highest BCUT2D eigenvalue weighted by atomic mass is 19.1. The molecule has 0 radical (unpaired) electrons. The molecule has 0 N–H and O–H groups in total. The number of rotatable bonds is 4. The van der Waals surface area contributed by atoms with Crippen LogP contribution in [-0.2, 0) is 11.2 Å². The van der Waals surface area contributed by atoms with Gasteiger partial charge in [-0.15, -0.1) is 0 Å². The van der Waals surface area contributed by atoms with Gasteiger partial charge in [0.1, 0.15) is 23.9 Å². The van der Waals surface area contributed by atoms with Crippen LogP contribution in [0.4, 0.5) is 20.7 Å². The number of amides is 1. The summed E-state index contributed by atoms with van der Waals surface area (Å²) in [5.74, 6) is 1.07. The summed E-state index contributed by atoms with van der Waals surface area (Å²) in [6.45, 7) is 4.84. The van der Waals surface area contributed by atoms with E-state index in [9.17, 15) is 9.18 Å². The Bertz CT molecular complexity index is 1000. The number of piperidine rings is 1. The van der Waals surface area contributed by atoms with E-state index < -0.39 is 18.4 Å². The third kappa shape index (κ3) is 3.86. The van der Waals surface area contributed by atoms with Crippen molar-refractivity contribution in [3.05, 3.63) is 29.8 Å². The fourth-order valence-corrected chi connectivity index (χ4v) is 4.03. The lowest BCUT2D eigenvalue weighted by molar-refractivity contribution is 0.00202. The molecule has 2 fully saturated rings. The van der Waals surface area contributed by atoms with Crippen molar-refractivity contribution in [1.82, 2.24) is 25.1 Å². The molecule has 1 unspecified atom stereocenters. The molecule has 0 aromatic carbocycles. The first kappa shape index (κ1) is 19.9. The number of likely N-dealkylation sites (tertiary alicyclic amines) is 1. The van der Waals surface area contributed by atoms with Crippen LogP contribution in [0.3, 0.4) is 0 Å². The summed E-state index contributed by atoms with van der Waals surface area (Å²) < 4.78 is 26.3. The second-order valence-electron chi connectivity index (χ2n) is 8.62. The number of anilines is 2. The first-order valence-corrected chi connectivity index (χ1v) is 10.6. The van der Waals surface area contributed by atoms with E-state index in [1.54, 1.807) is 6.20 Å². The van der Waals surface area contributed by atoms with Crippen molar-refractivity contribution in [3.8, 4) is 5.88 Å². The van der Waals surface area contributed by atoms with Crippen molar-refractivity contribution in [2.45, 2.75) is 57.4 Å². The van der Waals surface area contributed by atoms with Crippen LogP contribution in [0.5, 0.6) is 5.88 Å². The Hall–Kier alpha value is -3.04. The molecule has 0 bridgehead atoms. The summed E-state index contributed by atoms with van der Waals surface area (Å²) in [5.41, 5.74) is 2.25. The molecule has 0 spiro atoms. The molecule has 4 heterocycles. The molecule has 1 amide bonds. The number of carbonyl (C=O) groups excluding carboxylic acids is 1. The summed E-state index contributed by atoms with van der Waals surface area (Å²) >= 11 is 0. The lowest BCUT2D eigenvalue weighted by Gasteiger charge is -2.34. The number of aromatic nitrogens is 4. The number of hydrogen-bond donors (Lipinski definition) is 0. The quantitative estimate of drug-likeness (QED) is 0.734. The van der Waals surface area contributed by atoms with Crippen LogP contribution in [0, 0.1) is 6.92 Å². The number of carbonyl (C=O) groups is 1. The molecule has 31 heavy (non-hydrogen) atoms. The molecule has 1 aliphatic carbocycles. The fourth-order valence-electron chi connectivity index (χ4n) is 4.03. The van der Waals surface area contributed by atoms with Gasteiger partial charge in [0.15, 0.2) is 6.17 Å². The van der Waals surface area contributed by atoms with Gasteiger partial charge < -0.3 is 19.3 Å². The maximum absolute atomic E-state index is 14.9. The summed E-state index contributed by atoms with van der Waals surface area (Å²) in [7, 11) is 0. The fraction of sp³-hybridized carbons (Fsp3) is 0.571. The van der Waals surface area contributed by atoms with Crippen molar-refractivity contribution in [3.63, 3.8) is 0 Å². The average molecular weight is 428 g/mol. The first-order chi connectivity index (χ1) is 14.9. The topological polar surface area (TPSA) is 93.6 Å². The van der Waals surface area contributed by atoms with Crippen LogP contribution in [-0.4, -0.2) is 68.7 Å². The summed E-state index contributed by atoms with van der Waals surface area (Å²) in [4.78, 5) is 24.4. The number of hydrogen-bond acceptors (Lipinski definition) is 8. The lowest BCUT2D eigenvalue weighted by Crippen LogP contribution is -2.50. The van der Waals surface area contributed by atoms with E-state index in [1.165, 1.54) is 11.2 Å². The highest BCUT2D eigenvalue weighted by Gasteiger charge is 2.44. The Balaban J connectivity index is 1.27. The largest absolute Gasteiger partial charge is 0.471 e. The number of fused-ring (bicyclic) bond motifs is 1. The second kappa shape index (κ2) is 7.58. The molecule has 9 nitrogen and oxygen atoms in total. The Morgan fingerprint density at radius 1 is 1.29 bits per heavy atom. The van der Waals surface area contributed by atoms with Gasteiger partial charge in [-0.25, -0.2) is 19.2 Å². The third-order valence-electron chi connectivity index (χ3n) is 6.19. The van der Waals surface area contributed by atoms with Gasteiger partial charge in [-0.2, -0.15) is 10.2 Å². The molecule has 3 aliphatic rings. The molecule has 10 heteroatoms. The van der Waals surface area contributed by atoms with Crippen LogP contribution in [0.1, 0.15) is 37.4 Å². The highest BCUT2D eigenvalue weighted by molar-refractivity contribution is 5.69. The van der Waals surface area contributed by atoms with E-state index in [1.807, 2.05) is 19.9 Å². The summed E-state index contributed by atoms with van der Waals surface area (Å²) in [6, 6.07) is 1.91. The number of nitrogens with zero attached hydrogens (tertiary/aromatic N) is 6. The summed E-state index contributed by atoms with van der Waals surface area (Å²) in [6.07, 6.45) is 3.50. The normalized spacial score (nSPS) is 24.0. The maximum atomic E-state index is 14.9. The van der Waals surface area contributed by atoms with E-state index in [2.05, 4.69) is 25.1 Å². The molecule has 2 aromatic rings. The lowest BCUT2D eigenvalue weighted by atomic mass is 10.1. The monoisotopic (exact) mass is 428 g/mol. The van der Waals surface area contributed by atoms with Crippen molar-refractivity contribution >= 4 is 17.6 Å². The zero-order valence-corrected chi connectivity index (χ0v) is 17.6. The van der Waals surface area contributed by atoms with Crippen molar-refractivity contribution in [2.24, 2.45) is 0 Å². The van der Waals surface area contributed by atoms with Gasteiger partial charge in [0, 0.05) is 25.9 Å². The minimum Gasteiger partial charge on any atom is -0.471 e. The van der Waals surface area contributed by atoms with E-state index >= 15 is 0 Å². The van der Waals surface area contributed by atoms with Gasteiger partial charge in [-0.05, 0) is 32.8 Å². The van der Waals surface area contributed by atoms with Crippen LogP contribution in [0.2, 0.25) is 0 Å². The Kier molecular flexibility index (Phi) is 4.86. The van der Waals surface area contributed by atoms with Crippen LogP contribution >= 0.6 is 0 Å². The van der Waals surface area contributed by atoms with Gasteiger partial charge in [0.2, 0.25) is 5.88 Å². The van der Waals surface area contributed by atoms with Crippen LogP contribution in [0.25, 0.3) is 0 Å². The average Bonchev–Trinajstić information content (AvgIpc) is 3.32. The maximum Gasteiger partial charge on any atom is 0.410 e. The molecule has 2 atom stereocenters. The molecular formula is C21H25FN6O3. The first-order valence-electron chi connectivity index (χ1n) is 10.6. The molecular weight excluding hydrogens is 403 g/mol. The van der Waals surface area contributed by atoms with E-state index in [-0.39, 0.29) is 12.1 Å². The molecule has 2 aromatic heterocycles. The number of ether oxygens (including phenoxy) is 2. The smallest absolute Gasteiger partial charge is 0.410 e. The Morgan fingerprint density at radius 2 is 2.13 bits per heavy atom. The van der Waals surface area contributed by atoms with Crippen molar-refractivity contribution < 1.29 is 18.7 Å². The van der Waals surface area contributed by atoms with Gasteiger partial charge in [-0.1, -0.05) is 0 Å². The Morgan fingerprint density at radius 3 is 2.90 bits per heavy atom. The molecule has 2 aliphatic heterocycles.